The standard InChI is InChI=1S/C14H23N3O4/c1-6-10-9(12(21-5)17(4)16-10)8-15-11(18)7-14(2,3)13(19)20/h6-8H2,1-5H3,(H,15,18)(H,19,20). The van der Waals surface area contributed by atoms with Gasteiger partial charge >= 0.3 is 5.97 Å². The van der Waals surface area contributed by atoms with Crippen molar-refractivity contribution in [3.8, 4) is 5.88 Å². The lowest BCUT2D eigenvalue weighted by molar-refractivity contribution is -0.149. The highest BCUT2D eigenvalue weighted by atomic mass is 16.5. The van der Waals surface area contributed by atoms with Gasteiger partial charge in [0.15, 0.2) is 0 Å². The number of carbonyl (C=O) groups is 2. The molecule has 7 nitrogen and oxygen atoms in total. The second-order valence-electron chi connectivity index (χ2n) is 5.55. The molecule has 0 saturated carbocycles. The Labute approximate surface area is 124 Å². The molecule has 0 bridgehead atoms. The minimum atomic E-state index is -1.09. The van der Waals surface area contributed by atoms with E-state index in [0.717, 1.165) is 17.7 Å². The molecule has 1 heterocycles. The number of rotatable bonds is 7. The van der Waals surface area contributed by atoms with Gasteiger partial charge in [0, 0.05) is 20.0 Å². The molecule has 1 aromatic heterocycles. The molecule has 1 amide bonds. The van der Waals surface area contributed by atoms with Gasteiger partial charge in [0.25, 0.3) is 0 Å². The van der Waals surface area contributed by atoms with E-state index in [4.69, 9.17) is 9.84 Å². The zero-order valence-corrected chi connectivity index (χ0v) is 13.2. The summed E-state index contributed by atoms with van der Waals surface area (Å²) in [4.78, 5) is 22.9. The first-order valence-corrected chi connectivity index (χ1v) is 6.81. The van der Waals surface area contributed by atoms with Crippen molar-refractivity contribution >= 4 is 11.9 Å². The normalized spacial score (nSPS) is 11.3. The van der Waals surface area contributed by atoms with Gasteiger partial charge in [-0.1, -0.05) is 6.92 Å². The molecule has 0 radical (unpaired) electrons. The van der Waals surface area contributed by atoms with Gasteiger partial charge in [-0.2, -0.15) is 5.10 Å². The van der Waals surface area contributed by atoms with E-state index in [-0.39, 0.29) is 18.9 Å². The summed E-state index contributed by atoms with van der Waals surface area (Å²) >= 11 is 0. The molecule has 1 rings (SSSR count). The van der Waals surface area contributed by atoms with Crippen molar-refractivity contribution in [2.24, 2.45) is 12.5 Å². The van der Waals surface area contributed by atoms with Gasteiger partial charge < -0.3 is 15.2 Å². The minimum Gasteiger partial charge on any atom is -0.481 e. The molecule has 0 aromatic carbocycles. The Bertz CT molecular complexity index is 535. The highest BCUT2D eigenvalue weighted by Crippen LogP contribution is 2.23. The van der Waals surface area contributed by atoms with Crippen molar-refractivity contribution in [1.29, 1.82) is 0 Å². The van der Waals surface area contributed by atoms with Crippen molar-refractivity contribution < 1.29 is 19.4 Å². The second kappa shape index (κ2) is 6.60. The molecular formula is C14H23N3O4. The predicted octanol–water partition coefficient (Wildman–Crippen LogP) is 1.11. The first-order chi connectivity index (χ1) is 9.72. The van der Waals surface area contributed by atoms with Crippen molar-refractivity contribution in [3.63, 3.8) is 0 Å². The van der Waals surface area contributed by atoms with E-state index in [0.29, 0.717) is 5.88 Å². The molecule has 0 spiro atoms. The third-order valence-corrected chi connectivity index (χ3v) is 3.34. The van der Waals surface area contributed by atoms with Crippen LogP contribution in [0.2, 0.25) is 0 Å². The summed E-state index contributed by atoms with van der Waals surface area (Å²) in [6.45, 7) is 5.30. The summed E-state index contributed by atoms with van der Waals surface area (Å²) in [5.41, 5.74) is 0.590. The number of carbonyl (C=O) groups excluding carboxylic acids is 1. The molecule has 0 saturated heterocycles. The fourth-order valence-electron chi connectivity index (χ4n) is 2.05. The smallest absolute Gasteiger partial charge is 0.309 e. The summed E-state index contributed by atoms with van der Waals surface area (Å²) in [6.07, 6.45) is 0.648. The largest absolute Gasteiger partial charge is 0.481 e. The zero-order valence-electron chi connectivity index (χ0n) is 13.2. The average molecular weight is 297 g/mol. The zero-order chi connectivity index (χ0) is 16.2. The van der Waals surface area contributed by atoms with Crippen LogP contribution < -0.4 is 10.1 Å². The Morgan fingerprint density at radius 2 is 2.05 bits per heavy atom. The van der Waals surface area contributed by atoms with Crippen LogP contribution in [-0.2, 0) is 29.6 Å². The van der Waals surface area contributed by atoms with Crippen LogP contribution in [0.5, 0.6) is 5.88 Å². The molecule has 0 aliphatic carbocycles. The number of nitrogens with zero attached hydrogens (tertiary/aromatic N) is 2. The molecular weight excluding hydrogens is 274 g/mol. The van der Waals surface area contributed by atoms with Gasteiger partial charge in [-0.3, -0.25) is 9.59 Å². The molecule has 1 aromatic rings. The maximum atomic E-state index is 11.9. The number of carboxylic acids is 1. The van der Waals surface area contributed by atoms with Gasteiger partial charge in [0.2, 0.25) is 11.8 Å². The number of aromatic nitrogens is 2. The van der Waals surface area contributed by atoms with E-state index in [1.165, 1.54) is 13.8 Å². The van der Waals surface area contributed by atoms with E-state index < -0.39 is 11.4 Å². The lowest BCUT2D eigenvalue weighted by atomic mass is 9.89. The third-order valence-electron chi connectivity index (χ3n) is 3.34. The van der Waals surface area contributed by atoms with Crippen molar-refractivity contribution in [1.82, 2.24) is 15.1 Å². The highest BCUT2D eigenvalue weighted by molar-refractivity contribution is 5.84. The number of nitrogens with one attached hydrogen (secondary N) is 1. The monoisotopic (exact) mass is 297 g/mol. The lowest BCUT2D eigenvalue weighted by Gasteiger charge is -2.18. The number of amides is 1. The van der Waals surface area contributed by atoms with Crippen molar-refractivity contribution in [2.45, 2.75) is 40.2 Å². The number of aryl methyl sites for hydroxylation is 2. The fourth-order valence-corrected chi connectivity index (χ4v) is 2.05. The quantitative estimate of drug-likeness (QED) is 0.786. The highest BCUT2D eigenvalue weighted by Gasteiger charge is 2.30. The number of ether oxygens (including phenoxy) is 1. The van der Waals surface area contributed by atoms with Crippen LogP contribution >= 0.6 is 0 Å². The topological polar surface area (TPSA) is 93.5 Å². The summed E-state index contributed by atoms with van der Waals surface area (Å²) in [5, 5.41) is 16.1. The molecule has 118 valence electrons. The molecule has 2 N–H and O–H groups in total. The number of hydrogen-bond donors (Lipinski definition) is 2. The molecule has 21 heavy (non-hydrogen) atoms. The molecule has 0 unspecified atom stereocenters. The lowest BCUT2D eigenvalue weighted by Crippen LogP contribution is -2.33. The van der Waals surface area contributed by atoms with Crippen LogP contribution in [0.3, 0.4) is 0 Å². The van der Waals surface area contributed by atoms with E-state index in [1.807, 2.05) is 6.92 Å². The number of aliphatic carboxylic acids is 1. The van der Waals surface area contributed by atoms with Gasteiger partial charge in [-0.15, -0.1) is 0 Å². The van der Waals surface area contributed by atoms with Crippen LogP contribution in [-0.4, -0.2) is 33.9 Å². The average Bonchev–Trinajstić information content (AvgIpc) is 2.70. The predicted molar refractivity (Wildman–Crippen MR) is 77.0 cm³/mol. The van der Waals surface area contributed by atoms with Gasteiger partial charge in [-0.25, -0.2) is 4.68 Å². The SMILES string of the molecule is CCc1nn(C)c(OC)c1CNC(=O)CC(C)(C)C(=O)O. The molecule has 7 heteroatoms. The van der Waals surface area contributed by atoms with Crippen molar-refractivity contribution in [2.75, 3.05) is 7.11 Å². The minimum absolute atomic E-state index is 0.0770. The van der Waals surface area contributed by atoms with E-state index in [2.05, 4.69) is 10.4 Å². The number of methoxy groups -OCH3 is 1. The van der Waals surface area contributed by atoms with Crippen LogP contribution in [0.15, 0.2) is 0 Å². The molecule has 0 aliphatic rings. The summed E-state index contributed by atoms with van der Waals surface area (Å²) in [5.74, 6) is -0.703. The maximum absolute atomic E-state index is 11.9. The van der Waals surface area contributed by atoms with Crippen LogP contribution in [0.25, 0.3) is 0 Å². The first kappa shape index (κ1) is 17.0. The van der Waals surface area contributed by atoms with E-state index in [1.54, 1.807) is 18.8 Å². The Balaban J connectivity index is 2.76. The molecule has 0 fully saturated rings. The van der Waals surface area contributed by atoms with Gasteiger partial charge in [0.1, 0.15) is 0 Å². The Morgan fingerprint density at radius 3 is 2.52 bits per heavy atom. The Morgan fingerprint density at radius 1 is 1.43 bits per heavy atom. The Hall–Kier alpha value is -2.05. The summed E-state index contributed by atoms with van der Waals surface area (Å²) in [6, 6.07) is 0. The fraction of sp³-hybridized carbons (Fsp3) is 0.643. The van der Waals surface area contributed by atoms with Crippen LogP contribution in [0.4, 0.5) is 0 Å². The third kappa shape index (κ3) is 3.96. The summed E-state index contributed by atoms with van der Waals surface area (Å²) in [7, 11) is 3.33. The van der Waals surface area contributed by atoms with Crippen LogP contribution in [0.1, 0.15) is 38.4 Å². The molecule has 0 aliphatic heterocycles. The van der Waals surface area contributed by atoms with Gasteiger partial charge in [0.05, 0.1) is 23.8 Å². The van der Waals surface area contributed by atoms with Crippen molar-refractivity contribution in [3.05, 3.63) is 11.3 Å². The number of hydrogen-bond acceptors (Lipinski definition) is 4. The Kier molecular flexibility index (Phi) is 5.34. The second-order valence-corrected chi connectivity index (χ2v) is 5.55. The van der Waals surface area contributed by atoms with Crippen LogP contribution in [0, 0.1) is 5.41 Å². The summed E-state index contributed by atoms with van der Waals surface area (Å²) < 4.78 is 6.91. The van der Waals surface area contributed by atoms with E-state index in [9.17, 15) is 9.59 Å². The van der Waals surface area contributed by atoms with E-state index >= 15 is 0 Å². The number of carboxylic acid groups (broad SMARTS) is 1. The maximum Gasteiger partial charge on any atom is 0.309 e. The molecule has 0 atom stereocenters. The van der Waals surface area contributed by atoms with Gasteiger partial charge in [-0.05, 0) is 20.3 Å². The first-order valence-electron chi connectivity index (χ1n) is 6.81.